The summed E-state index contributed by atoms with van der Waals surface area (Å²) in [4.78, 5) is 0.258. The standard InChI is InChI=1S/C15H23F3S/c1-6-7-8-9-12(4)10-14(13(5)11(2)3)19-15(16,17)18/h10H,2,6-9H2,1,3-5H3/b12-10+,14-13+. The van der Waals surface area contributed by atoms with Gasteiger partial charge in [0.2, 0.25) is 0 Å². The third-order valence-corrected chi connectivity index (χ3v) is 3.66. The summed E-state index contributed by atoms with van der Waals surface area (Å²) in [5, 5.41) is 0. The van der Waals surface area contributed by atoms with E-state index in [2.05, 4.69) is 13.5 Å². The van der Waals surface area contributed by atoms with E-state index in [1.807, 2.05) is 6.92 Å². The zero-order valence-corrected chi connectivity index (χ0v) is 13.0. The van der Waals surface area contributed by atoms with Crippen molar-refractivity contribution < 1.29 is 13.2 Å². The average molecular weight is 292 g/mol. The van der Waals surface area contributed by atoms with Crippen LogP contribution in [0.5, 0.6) is 0 Å². The number of alkyl halides is 3. The lowest BCUT2D eigenvalue weighted by atomic mass is 10.1. The maximum absolute atomic E-state index is 12.6. The van der Waals surface area contributed by atoms with Gasteiger partial charge in [-0.15, -0.1) is 0 Å². The van der Waals surface area contributed by atoms with E-state index in [0.29, 0.717) is 11.1 Å². The Morgan fingerprint density at radius 1 is 1.16 bits per heavy atom. The molecule has 4 heteroatoms. The van der Waals surface area contributed by atoms with Crippen molar-refractivity contribution in [1.82, 2.24) is 0 Å². The summed E-state index contributed by atoms with van der Waals surface area (Å²) in [7, 11) is 0. The molecule has 0 fully saturated rings. The molecule has 0 aliphatic rings. The molecular formula is C15H23F3S. The summed E-state index contributed by atoms with van der Waals surface area (Å²) in [5.74, 6) is 0. The monoisotopic (exact) mass is 292 g/mol. The van der Waals surface area contributed by atoms with Gasteiger partial charge in [-0.3, -0.25) is 0 Å². The van der Waals surface area contributed by atoms with E-state index in [4.69, 9.17) is 0 Å². The van der Waals surface area contributed by atoms with E-state index in [1.54, 1.807) is 19.9 Å². The van der Waals surface area contributed by atoms with E-state index in [-0.39, 0.29) is 16.7 Å². The van der Waals surface area contributed by atoms with Crippen molar-refractivity contribution in [3.05, 3.63) is 34.3 Å². The molecule has 0 aromatic carbocycles. The van der Waals surface area contributed by atoms with Crippen molar-refractivity contribution in [1.29, 1.82) is 0 Å². The molecule has 110 valence electrons. The Kier molecular flexibility index (Phi) is 8.23. The second kappa shape index (κ2) is 8.51. The highest BCUT2D eigenvalue weighted by Crippen LogP contribution is 2.40. The number of halogens is 3. The Balaban J connectivity index is 5.01. The van der Waals surface area contributed by atoms with Gasteiger partial charge in [0, 0.05) is 4.91 Å². The summed E-state index contributed by atoms with van der Waals surface area (Å²) in [5.41, 5.74) is -1.99. The lowest BCUT2D eigenvalue weighted by Gasteiger charge is -2.12. The average Bonchev–Trinajstić information content (AvgIpc) is 2.25. The topological polar surface area (TPSA) is 0 Å². The fourth-order valence-electron chi connectivity index (χ4n) is 1.50. The quantitative estimate of drug-likeness (QED) is 0.375. The molecule has 0 aromatic rings. The third kappa shape index (κ3) is 8.98. The molecule has 0 rings (SSSR count). The number of unbranched alkanes of at least 4 members (excludes halogenated alkanes) is 2. The fraction of sp³-hybridized carbons (Fsp3) is 0.600. The minimum Gasteiger partial charge on any atom is -0.160 e. The maximum Gasteiger partial charge on any atom is 0.446 e. The highest BCUT2D eigenvalue weighted by atomic mass is 32.2. The summed E-state index contributed by atoms with van der Waals surface area (Å²) in [6, 6.07) is 0. The second-order valence-electron chi connectivity index (χ2n) is 4.77. The maximum atomic E-state index is 12.6. The molecule has 0 aromatic heterocycles. The van der Waals surface area contributed by atoms with Crippen LogP contribution in [0.4, 0.5) is 13.2 Å². The summed E-state index contributed by atoms with van der Waals surface area (Å²) in [6.07, 6.45) is 5.74. The van der Waals surface area contributed by atoms with Crippen LogP contribution in [0.2, 0.25) is 0 Å². The van der Waals surface area contributed by atoms with Crippen molar-refractivity contribution in [3.63, 3.8) is 0 Å². The second-order valence-corrected chi connectivity index (χ2v) is 5.87. The molecule has 0 unspecified atom stereocenters. The number of allylic oxidation sites excluding steroid dienone is 4. The van der Waals surface area contributed by atoms with Crippen LogP contribution in [0, 0.1) is 0 Å². The largest absolute Gasteiger partial charge is 0.446 e. The molecule has 0 radical (unpaired) electrons. The lowest BCUT2D eigenvalue weighted by Crippen LogP contribution is -2.01. The van der Waals surface area contributed by atoms with Gasteiger partial charge >= 0.3 is 5.51 Å². The summed E-state index contributed by atoms with van der Waals surface area (Å²) < 4.78 is 37.7. The van der Waals surface area contributed by atoms with Gasteiger partial charge in [-0.2, -0.15) is 13.2 Å². The molecule has 0 aliphatic carbocycles. The van der Waals surface area contributed by atoms with Gasteiger partial charge in [-0.05, 0) is 57.0 Å². The molecule has 0 aliphatic heterocycles. The van der Waals surface area contributed by atoms with Crippen molar-refractivity contribution in [3.8, 4) is 0 Å². The minimum atomic E-state index is -4.26. The fourth-order valence-corrected chi connectivity index (χ4v) is 2.34. The van der Waals surface area contributed by atoms with Gasteiger partial charge in [-0.25, -0.2) is 0 Å². The molecular weight excluding hydrogens is 269 g/mol. The van der Waals surface area contributed by atoms with E-state index < -0.39 is 5.51 Å². The Hall–Kier alpha value is -0.640. The van der Waals surface area contributed by atoms with Crippen molar-refractivity contribution in [2.24, 2.45) is 0 Å². The SMILES string of the molecule is C=C(C)/C(C)=C(\C=C(/C)CCCCC)SC(F)(F)F. The van der Waals surface area contributed by atoms with Crippen LogP contribution in [-0.4, -0.2) is 5.51 Å². The van der Waals surface area contributed by atoms with Crippen LogP contribution in [-0.2, 0) is 0 Å². The van der Waals surface area contributed by atoms with Crippen LogP contribution in [0.15, 0.2) is 34.3 Å². The molecule has 0 atom stereocenters. The van der Waals surface area contributed by atoms with Gasteiger partial charge in [0.25, 0.3) is 0 Å². The van der Waals surface area contributed by atoms with Crippen LogP contribution in [0.25, 0.3) is 0 Å². The molecule has 0 bridgehead atoms. The van der Waals surface area contributed by atoms with Crippen LogP contribution in [0.1, 0.15) is 53.4 Å². The molecule has 0 saturated carbocycles. The molecule has 0 nitrogen and oxygen atoms in total. The zero-order valence-electron chi connectivity index (χ0n) is 12.2. The Labute approximate surface area is 118 Å². The highest BCUT2D eigenvalue weighted by molar-refractivity contribution is 8.04. The first-order valence-electron chi connectivity index (χ1n) is 6.47. The molecule has 0 saturated heterocycles. The molecule has 0 heterocycles. The predicted molar refractivity (Wildman–Crippen MR) is 79.1 cm³/mol. The minimum absolute atomic E-state index is 0.0518. The lowest BCUT2D eigenvalue weighted by molar-refractivity contribution is -0.0321. The Morgan fingerprint density at radius 2 is 1.74 bits per heavy atom. The smallest absolute Gasteiger partial charge is 0.160 e. The van der Waals surface area contributed by atoms with Gasteiger partial charge in [-0.1, -0.05) is 37.5 Å². The first-order valence-corrected chi connectivity index (χ1v) is 7.28. The molecule has 0 N–H and O–H groups in total. The normalized spacial score (nSPS) is 14.4. The van der Waals surface area contributed by atoms with E-state index in [9.17, 15) is 13.2 Å². The van der Waals surface area contributed by atoms with E-state index >= 15 is 0 Å². The third-order valence-electron chi connectivity index (χ3n) is 2.79. The number of thioether (sulfide) groups is 1. The molecule has 0 amide bonds. The Morgan fingerprint density at radius 3 is 2.16 bits per heavy atom. The van der Waals surface area contributed by atoms with Crippen LogP contribution in [0.3, 0.4) is 0 Å². The number of hydrogen-bond acceptors (Lipinski definition) is 1. The van der Waals surface area contributed by atoms with E-state index in [0.717, 1.165) is 31.3 Å². The summed E-state index contributed by atoms with van der Waals surface area (Å²) in [6.45, 7) is 11.1. The predicted octanol–water partition coefficient (Wildman–Crippen LogP) is 6.62. The van der Waals surface area contributed by atoms with Gasteiger partial charge in [0.15, 0.2) is 0 Å². The van der Waals surface area contributed by atoms with Crippen molar-refractivity contribution in [2.75, 3.05) is 0 Å². The number of hydrogen-bond donors (Lipinski definition) is 0. The van der Waals surface area contributed by atoms with Crippen LogP contribution >= 0.6 is 11.8 Å². The van der Waals surface area contributed by atoms with E-state index in [1.165, 1.54) is 0 Å². The summed E-state index contributed by atoms with van der Waals surface area (Å²) >= 11 is -0.0518. The van der Waals surface area contributed by atoms with Gasteiger partial charge in [0.05, 0.1) is 0 Å². The Bertz CT molecular complexity index is 362. The highest BCUT2D eigenvalue weighted by Gasteiger charge is 2.30. The van der Waals surface area contributed by atoms with Gasteiger partial charge in [0.1, 0.15) is 0 Å². The molecule has 0 spiro atoms. The molecule has 19 heavy (non-hydrogen) atoms. The first kappa shape index (κ1) is 18.4. The number of rotatable bonds is 7. The van der Waals surface area contributed by atoms with Crippen molar-refractivity contribution in [2.45, 2.75) is 58.9 Å². The van der Waals surface area contributed by atoms with Gasteiger partial charge < -0.3 is 0 Å². The van der Waals surface area contributed by atoms with Crippen molar-refractivity contribution >= 4 is 11.8 Å². The van der Waals surface area contributed by atoms with Crippen LogP contribution < -0.4 is 0 Å². The zero-order chi connectivity index (χ0) is 15.1. The first-order chi connectivity index (χ1) is 8.67.